The molecule has 0 saturated heterocycles. The predicted octanol–water partition coefficient (Wildman–Crippen LogP) is 5.98. The van der Waals surface area contributed by atoms with Crippen LogP contribution in [-0.2, 0) is 11.8 Å². The number of benzene rings is 2. The van der Waals surface area contributed by atoms with Crippen molar-refractivity contribution in [2.24, 2.45) is 4.99 Å². The van der Waals surface area contributed by atoms with E-state index in [1.165, 1.54) is 30.4 Å². The molecule has 1 amide bonds. The van der Waals surface area contributed by atoms with Gasteiger partial charge in [0.15, 0.2) is 0 Å². The summed E-state index contributed by atoms with van der Waals surface area (Å²) in [5.41, 5.74) is 3.33. The molecular formula is C26H36N2O. The lowest BCUT2D eigenvalue weighted by Crippen LogP contribution is -2.37. The van der Waals surface area contributed by atoms with E-state index in [4.69, 9.17) is 0 Å². The van der Waals surface area contributed by atoms with Gasteiger partial charge in [-0.1, -0.05) is 89.4 Å². The molecule has 2 aromatic carbocycles. The number of nitrogens with one attached hydrogen (secondary N) is 1. The maximum Gasteiger partial charge on any atom is 0.251 e. The average Bonchev–Trinajstić information content (AvgIpc) is 2.71. The van der Waals surface area contributed by atoms with Crippen molar-refractivity contribution in [1.29, 1.82) is 0 Å². The number of hydrogen-bond donors (Lipinski definition) is 1. The summed E-state index contributed by atoms with van der Waals surface area (Å²) in [5.74, 6) is -0.0562. The van der Waals surface area contributed by atoms with Gasteiger partial charge in [-0.2, -0.15) is 0 Å². The molecule has 0 bridgehead atoms. The number of hydrogen-bond acceptors (Lipinski definition) is 2. The number of nitrogens with zero attached hydrogens (tertiary/aromatic N) is 1. The van der Waals surface area contributed by atoms with Crippen LogP contribution in [0.2, 0.25) is 0 Å². The lowest BCUT2D eigenvalue weighted by atomic mass is 9.86. The van der Waals surface area contributed by atoms with Crippen molar-refractivity contribution in [2.75, 3.05) is 6.54 Å². The SMILES string of the molecule is CCCCCCN=CC(Cc1ccc(C(C)(C)C)cc1)NC(=O)c1ccccc1. The van der Waals surface area contributed by atoms with E-state index in [1.54, 1.807) is 0 Å². The zero-order chi connectivity index (χ0) is 21.1. The quantitative estimate of drug-likeness (QED) is 0.392. The van der Waals surface area contributed by atoms with Gasteiger partial charge in [0.25, 0.3) is 5.91 Å². The highest BCUT2D eigenvalue weighted by molar-refractivity contribution is 5.95. The van der Waals surface area contributed by atoms with Crippen LogP contribution in [0.1, 0.15) is 74.9 Å². The number of amides is 1. The predicted molar refractivity (Wildman–Crippen MR) is 124 cm³/mol. The Hall–Kier alpha value is -2.42. The molecule has 156 valence electrons. The smallest absolute Gasteiger partial charge is 0.251 e. The third-order valence-electron chi connectivity index (χ3n) is 5.05. The van der Waals surface area contributed by atoms with Crippen molar-refractivity contribution in [3.05, 3.63) is 71.3 Å². The fourth-order valence-electron chi connectivity index (χ4n) is 3.21. The molecule has 3 heteroatoms. The topological polar surface area (TPSA) is 41.5 Å². The summed E-state index contributed by atoms with van der Waals surface area (Å²) in [6.45, 7) is 9.69. The van der Waals surface area contributed by atoms with Crippen molar-refractivity contribution in [3.8, 4) is 0 Å². The summed E-state index contributed by atoms with van der Waals surface area (Å²) >= 11 is 0. The summed E-state index contributed by atoms with van der Waals surface area (Å²) in [4.78, 5) is 17.2. The maximum absolute atomic E-state index is 12.6. The minimum absolute atomic E-state index is 0.0562. The Kier molecular flexibility index (Phi) is 9.11. The Balaban J connectivity index is 2.05. The molecule has 0 radical (unpaired) electrons. The number of unbranched alkanes of at least 4 members (excludes halogenated alkanes) is 3. The number of carbonyl (C=O) groups excluding carboxylic acids is 1. The normalized spacial score (nSPS) is 12.8. The van der Waals surface area contributed by atoms with Crippen molar-refractivity contribution in [2.45, 2.75) is 71.3 Å². The zero-order valence-electron chi connectivity index (χ0n) is 18.4. The molecule has 2 rings (SSSR count). The summed E-state index contributed by atoms with van der Waals surface area (Å²) in [6, 6.07) is 18.0. The van der Waals surface area contributed by atoms with E-state index < -0.39 is 0 Å². The maximum atomic E-state index is 12.6. The largest absolute Gasteiger partial charge is 0.344 e. The Morgan fingerprint density at radius 3 is 2.31 bits per heavy atom. The first-order chi connectivity index (χ1) is 13.9. The van der Waals surface area contributed by atoms with E-state index >= 15 is 0 Å². The van der Waals surface area contributed by atoms with E-state index in [1.807, 2.05) is 36.5 Å². The molecule has 1 N–H and O–H groups in total. The van der Waals surface area contributed by atoms with Gasteiger partial charge in [0, 0.05) is 18.3 Å². The molecule has 0 aliphatic rings. The molecule has 0 fully saturated rings. The van der Waals surface area contributed by atoms with Crippen LogP contribution in [0.25, 0.3) is 0 Å². The van der Waals surface area contributed by atoms with Crippen LogP contribution in [0.5, 0.6) is 0 Å². The van der Waals surface area contributed by atoms with Crippen LogP contribution in [0, 0.1) is 0 Å². The minimum Gasteiger partial charge on any atom is -0.344 e. The second-order valence-corrected chi connectivity index (χ2v) is 8.71. The third kappa shape index (κ3) is 8.23. The molecule has 0 spiro atoms. The number of rotatable bonds is 10. The molecule has 3 nitrogen and oxygen atoms in total. The number of aliphatic imine (C=N–C) groups is 1. The van der Waals surface area contributed by atoms with Gasteiger partial charge >= 0.3 is 0 Å². The van der Waals surface area contributed by atoms with Crippen LogP contribution in [0.3, 0.4) is 0 Å². The minimum atomic E-state index is -0.116. The van der Waals surface area contributed by atoms with Crippen molar-refractivity contribution in [3.63, 3.8) is 0 Å². The second kappa shape index (κ2) is 11.5. The molecule has 2 aromatic rings. The van der Waals surface area contributed by atoms with Gasteiger partial charge < -0.3 is 5.32 Å². The number of carbonyl (C=O) groups is 1. The summed E-state index contributed by atoms with van der Waals surface area (Å²) in [6.07, 6.45) is 7.45. The first-order valence-electron chi connectivity index (χ1n) is 10.9. The third-order valence-corrected chi connectivity index (χ3v) is 5.05. The lowest BCUT2D eigenvalue weighted by Gasteiger charge is -2.20. The Morgan fingerprint density at radius 2 is 1.69 bits per heavy atom. The monoisotopic (exact) mass is 392 g/mol. The van der Waals surface area contributed by atoms with Gasteiger partial charge in [-0.15, -0.1) is 0 Å². The molecule has 0 heterocycles. The average molecular weight is 393 g/mol. The fraction of sp³-hybridized carbons (Fsp3) is 0.462. The van der Waals surface area contributed by atoms with E-state index in [2.05, 4.69) is 62.3 Å². The van der Waals surface area contributed by atoms with Crippen molar-refractivity contribution >= 4 is 12.1 Å². The first kappa shape index (κ1) is 22.9. The zero-order valence-corrected chi connectivity index (χ0v) is 18.4. The van der Waals surface area contributed by atoms with Crippen LogP contribution in [-0.4, -0.2) is 24.7 Å². The van der Waals surface area contributed by atoms with Crippen LogP contribution in [0.15, 0.2) is 59.6 Å². The van der Waals surface area contributed by atoms with E-state index in [0.29, 0.717) is 5.56 Å². The van der Waals surface area contributed by atoms with E-state index in [0.717, 1.165) is 19.4 Å². The lowest BCUT2D eigenvalue weighted by molar-refractivity contribution is 0.0947. The summed E-state index contributed by atoms with van der Waals surface area (Å²) in [7, 11) is 0. The van der Waals surface area contributed by atoms with Crippen molar-refractivity contribution < 1.29 is 4.79 Å². The molecule has 1 unspecified atom stereocenters. The van der Waals surface area contributed by atoms with Crippen LogP contribution >= 0.6 is 0 Å². The highest BCUT2D eigenvalue weighted by Crippen LogP contribution is 2.22. The molecule has 0 aliphatic heterocycles. The van der Waals surface area contributed by atoms with Gasteiger partial charge in [-0.25, -0.2) is 0 Å². The molecule has 0 aliphatic carbocycles. The van der Waals surface area contributed by atoms with Gasteiger partial charge in [0.2, 0.25) is 0 Å². The highest BCUT2D eigenvalue weighted by atomic mass is 16.1. The molecular weight excluding hydrogens is 356 g/mol. The Labute approximate surface area is 176 Å². The van der Waals surface area contributed by atoms with Gasteiger partial charge in [0.05, 0.1) is 6.04 Å². The van der Waals surface area contributed by atoms with Crippen LogP contribution < -0.4 is 5.32 Å². The van der Waals surface area contributed by atoms with Crippen LogP contribution in [0.4, 0.5) is 0 Å². The highest BCUT2D eigenvalue weighted by Gasteiger charge is 2.15. The van der Waals surface area contributed by atoms with E-state index in [9.17, 15) is 4.79 Å². The standard InChI is InChI=1S/C26H36N2O/c1-5-6-7-11-18-27-20-24(28-25(29)22-12-9-8-10-13-22)19-21-14-16-23(17-15-21)26(2,3)4/h8-10,12-17,20,24H,5-7,11,18-19H2,1-4H3,(H,28,29). The first-order valence-corrected chi connectivity index (χ1v) is 10.9. The molecule has 29 heavy (non-hydrogen) atoms. The van der Waals surface area contributed by atoms with E-state index in [-0.39, 0.29) is 17.4 Å². The summed E-state index contributed by atoms with van der Waals surface area (Å²) in [5, 5.41) is 3.14. The molecule has 1 atom stereocenters. The Bertz CT molecular complexity index is 758. The van der Waals surface area contributed by atoms with Crippen molar-refractivity contribution in [1.82, 2.24) is 5.32 Å². The summed E-state index contributed by atoms with van der Waals surface area (Å²) < 4.78 is 0. The van der Waals surface area contributed by atoms with Gasteiger partial charge in [-0.05, 0) is 41.5 Å². The molecule has 0 saturated carbocycles. The second-order valence-electron chi connectivity index (χ2n) is 8.71. The molecule has 0 aromatic heterocycles. The van der Waals surface area contributed by atoms with Gasteiger partial charge in [-0.3, -0.25) is 9.79 Å². The fourth-order valence-corrected chi connectivity index (χ4v) is 3.21. The Morgan fingerprint density at radius 1 is 1.00 bits per heavy atom. The van der Waals surface area contributed by atoms with Gasteiger partial charge in [0.1, 0.15) is 0 Å².